The molecular formula is C24H26N2O5. The molecule has 1 aliphatic rings. The lowest BCUT2D eigenvalue weighted by Gasteiger charge is -2.27. The number of ether oxygens (including phenoxy) is 1. The standard InChI is InChI=1S/C24H26N2O5/c1-14(2)16-9-7-8-12-19(16)25-20(27)13-31-24(30)21(15(3)4)26-22(28)17-10-5-6-11-18(17)23(26)29/h5-12,14-15,21H,13H2,1-4H3,(H,25,27)/t21-/m0/s1. The number of para-hydroxylation sites is 1. The number of anilines is 1. The van der Waals surface area contributed by atoms with Crippen molar-refractivity contribution in [3.8, 4) is 0 Å². The lowest BCUT2D eigenvalue weighted by molar-refractivity contribution is -0.152. The number of hydrogen-bond donors (Lipinski definition) is 1. The summed E-state index contributed by atoms with van der Waals surface area (Å²) in [6, 6.07) is 12.7. The first kappa shape index (κ1) is 22.2. The molecule has 1 atom stereocenters. The number of carbonyl (C=O) groups is 4. The Kier molecular flexibility index (Phi) is 6.53. The number of amides is 3. The van der Waals surface area contributed by atoms with Crippen LogP contribution in [0.5, 0.6) is 0 Å². The van der Waals surface area contributed by atoms with Crippen molar-refractivity contribution in [3.63, 3.8) is 0 Å². The third-order valence-corrected chi connectivity index (χ3v) is 5.18. The van der Waals surface area contributed by atoms with E-state index in [9.17, 15) is 19.2 Å². The third kappa shape index (κ3) is 4.50. The third-order valence-electron chi connectivity index (χ3n) is 5.18. The molecular weight excluding hydrogens is 396 g/mol. The predicted octanol–water partition coefficient (Wildman–Crippen LogP) is 3.61. The Morgan fingerprint density at radius 3 is 2.00 bits per heavy atom. The van der Waals surface area contributed by atoms with Crippen LogP contribution in [0.25, 0.3) is 0 Å². The lowest BCUT2D eigenvalue weighted by Crippen LogP contribution is -2.49. The van der Waals surface area contributed by atoms with E-state index in [0.717, 1.165) is 10.5 Å². The summed E-state index contributed by atoms with van der Waals surface area (Å²) in [6.07, 6.45) is 0. The van der Waals surface area contributed by atoms with E-state index in [1.54, 1.807) is 44.2 Å². The van der Waals surface area contributed by atoms with Crippen molar-refractivity contribution in [2.45, 2.75) is 39.7 Å². The van der Waals surface area contributed by atoms with Gasteiger partial charge in [-0.05, 0) is 35.6 Å². The Labute approximate surface area is 181 Å². The van der Waals surface area contributed by atoms with E-state index in [0.29, 0.717) is 5.69 Å². The Hall–Kier alpha value is -3.48. The number of nitrogens with one attached hydrogen (secondary N) is 1. The van der Waals surface area contributed by atoms with E-state index < -0.39 is 36.3 Å². The first-order valence-corrected chi connectivity index (χ1v) is 10.2. The number of rotatable bonds is 7. The van der Waals surface area contributed by atoms with Crippen LogP contribution in [0.2, 0.25) is 0 Å². The van der Waals surface area contributed by atoms with Gasteiger partial charge in [0.2, 0.25) is 0 Å². The van der Waals surface area contributed by atoms with Crippen molar-refractivity contribution in [1.29, 1.82) is 0 Å². The number of esters is 1. The Bertz CT molecular complexity index is 993. The van der Waals surface area contributed by atoms with Gasteiger partial charge in [-0.2, -0.15) is 0 Å². The number of hydrogen-bond acceptors (Lipinski definition) is 5. The molecule has 3 rings (SSSR count). The van der Waals surface area contributed by atoms with Crippen LogP contribution < -0.4 is 5.32 Å². The van der Waals surface area contributed by atoms with Gasteiger partial charge in [0.15, 0.2) is 6.61 Å². The van der Waals surface area contributed by atoms with Crippen molar-refractivity contribution in [3.05, 3.63) is 65.2 Å². The Balaban J connectivity index is 1.69. The second kappa shape index (κ2) is 9.12. The minimum Gasteiger partial charge on any atom is -0.454 e. The van der Waals surface area contributed by atoms with Crippen molar-refractivity contribution in [2.75, 3.05) is 11.9 Å². The van der Waals surface area contributed by atoms with Gasteiger partial charge in [0.25, 0.3) is 17.7 Å². The monoisotopic (exact) mass is 422 g/mol. The lowest BCUT2D eigenvalue weighted by atomic mass is 10.0. The average molecular weight is 422 g/mol. The van der Waals surface area contributed by atoms with Crippen LogP contribution >= 0.6 is 0 Å². The summed E-state index contributed by atoms with van der Waals surface area (Å²) in [5.74, 6) is -2.54. The largest absolute Gasteiger partial charge is 0.454 e. The van der Waals surface area contributed by atoms with Gasteiger partial charge < -0.3 is 10.1 Å². The summed E-state index contributed by atoms with van der Waals surface area (Å²) >= 11 is 0. The van der Waals surface area contributed by atoms with Gasteiger partial charge in [0, 0.05) is 5.69 Å². The quantitative estimate of drug-likeness (QED) is 0.544. The van der Waals surface area contributed by atoms with Crippen LogP contribution in [-0.4, -0.2) is 41.2 Å². The van der Waals surface area contributed by atoms with E-state index >= 15 is 0 Å². The average Bonchev–Trinajstić information content (AvgIpc) is 2.98. The molecule has 0 spiro atoms. The molecule has 0 saturated carbocycles. The fraction of sp³-hybridized carbons (Fsp3) is 0.333. The van der Waals surface area contributed by atoms with Crippen molar-refractivity contribution in [1.82, 2.24) is 4.90 Å². The van der Waals surface area contributed by atoms with Gasteiger partial charge in [-0.25, -0.2) is 4.79 Å². The van der Waals surface area contributed by atoms with Gasteiger partial charge in [-0.15, -0.1) is 0 Å². The molecule has 7 nitrogen and oxygen atoms in total. The van der Waals surface area contributed by atoms with E-state index in [-0.39, 0.29) is 23.0 Å². The van der Waals surface area contributed by atoms with Gasteiger partial charge in [-0.3, -0.25) is 19.3 Å². The molecule has 0 saturated heterocycles. The highest BCUT2D eigenvalue weighted by molar-refractivity contribution is 6.22. The summed E-state index contributed by atoms with van der Waals surface area (Å²) in [7, 11) is 0. The van der Waals surface area contributed by atoms with Crippen molar-refractivity contribution < 1.29 is 23.9 Å². The Morgan fingerprint density at radius 2 is 1.45 bits per heavy atom. The topological polar surface area (TPSA) is 92.8 Å². The zero-order valence-corrected chi connectivity index (χ0v) is 18.0. The molecule has 2 aromatic rings. The summed E-state index contributed by atoms with van der Waals surface area (Å²) in [5.41, 5.74) is 2.13. The highest BCUT2D eigenvalue weighted by atomic mass is 16.5. The molecule has 31 heavy (non-hydrogen) atoms. The molecule has 0 bridgehead atoms. The molecule has 2 aromatic carbocycles. The molecule has 1 aliphatic heterocycles. The molecule has 1 heterocycles. The van der Waals surface area contributed by atoms with Gasteiger partial charge in [0.05, 0.1) is 11.1 Å². The maximum atomic E-state index is 12.8. The highest BCUT2D eigenvalue weighted by Crippen LogP contribution is 2.28. The van der Waals surface area contributed by atoms with Crippen LogP contribution in [0, 0.1) is 5.92 Å². The van der Waals surface area contributed by atoms with Gasteiger partial charge in [0.1, 0.15) is 6.04 Å². The van der Waals surface area contributed by atoms with Crippen molar-refractivity contribution >= 4 is 29.4 Å². The van der Waals surface area contributed by atoms with Crippen LogP contribution in [-0.2, 0) is 14.3 Å². The molecule has 0 radical (unpaired) electrons. The first-order valence-electron chi connectivity index (χ1n) is 10.2. The minimum atomic E-state index is -1.12. The van der Waals surface area contributed by atoms with Gasteiger partial charge in [-0.1, -0.05) is 58.0 Å². The van der Waals surface area contributed by atoms with Crippen LogP contribution in [0.3, 0.4) is 0 Å². The first-order chi connectivity index (χ1) is 14.7. The van der Waals surface area contributed by atoms with E-state index in [1.807, 2.05) is 32.0 Å². The van der Waals surface area contributed by atoms with Gasteiger partial charge >= 0.3 is 5.97 Å². The molecule has 0 aromatic heterocycles. The van der Waals surface area contributed by atoms with Crippen LogP contribution in [0.1, 0.15) is 59.9 Å². The van der Waals surface area contributed by atoms with E-state index in [4.69, 9.17) is 4.74 Å². The molecule has 162 valence electrons. The summed E-state index contributed by atoms with van der Waals surface area (Å²) < 4.78 is 5.21. The van der Waals surface area contributed by atoms with Crippen LogP contribution in [0.15, 0.2) is 48.5 Å². The minimum absolute atomic E-state index is 0.207. The molecule has 3 amide bonds. The van der Waals surface area contributed by atoms with E-state index in [1.165, 1.54) is 0 Å². The number of imide groups is 1. The normalized spacial score (nSPS) is 14.1. The predicted molar refractivity (Wildman–Crippen MR) is 116 cm³/mol. The molecule has 0 fully saturated rings. The number of benzene rings is 2. The smallest absolute Gasteiger partial charge is 0.330 e. The fourth-order valence-electron chi connectivity index (χ4n) is 3.66. The second-order valence-corrected chi connectivity index (χ2v) is 8.11. The SMILES string of the molecule is CC(C)c1ccccc1NC(=O)COC(=O)[C@H](C(C)C)N1C(=O)c2ccccc2C1=O. The van der Waals surface area contributed by atoms with Crippen molar-refractivity contribution in [2.24, 2.45) is 5.92 Å². The van der Waals surface area contributed by atoms with E-state index in [2.05, 4.69) is 5.32 Å². The number of fused-ring (bicyclic) bond motifs is 1. The Morgan fingerprint density at radius 1 is 0.903 bits per heavy atom. The zero-order chi connectivity index (χ0) is 22.7. The maximum absolute atomic E-state index is 12.8. The molecule has 0 aliphatic carbocycles. The number of nitrogens with zero attached hydrogens (tertiary/aromatic N) is 1. The summed E-state index contributed by atoms with van der Waals surface area (Å²) in [4.78, 5) is 51.6. The zero-order valence-electron chi connectivity index (χ0n) is 18.0. The fourth-order valence-corrected chi connectivity index (χ4v) is 3.66. The molecule has 1 N–H and O–H groups in total. The summed E-state index contributed by atoms with van der Waals surface area (Å²) in [5, 5.41) is 2.75. The van der Waals surface area contributed by atoms with Crippen LogP contribution in [0.4, 0.5) is 5.69 Å². The molecule has 7 heteroatoms. The molecule has 0 unspecified atom stereocenters. The second-order valence-electron chi connectivity index (χ2n) is 8.11. The number of carbonyl (C=O) groups excluding carboxylic acids is 4. The maximum Gasteiger partial charge on any atom is 0.330 e. The summed E-state index contributed by atoms with van der Waals surface area (Å²) in [6.45, 7) is 6.95. The highest BCUT2D eigenvalue weighted by Gasteiger charge is 2.44.